The number of hydrogen-bond donors (Lipinski definition) is 0. The van der Waals surface area contributed by atoms with Crippen molar-refractivity contribution in [2.24, 2.45) is 7.05 Å². The lowest BCUT2D eigenvalue weighted by Crippen LogP contribution is -2.25. The third-order valence-corrected chi connectivity index (χ3v) is 2.67. The Labute approximate surface area is 102 Å². The fourth-order valence-electron chi connectivity index (χ4n) is 1.81. The second-order valence-corrected chi connectivity index (χ2v) is 4.02. The number of esters is 1. The minimum atomic E-state index is -0.319. The molecule has 0 spiro atoms. The van der Waals surface area contributed by atoms with Crippen molar-refractivity contribution in [1.82, 2.24) is 14.7 Å². The number of ether oxygens (including phenoxy) is 1. The van der Waals surface area contributed by atoms with Crippen molar-refractivity contribution < 1.29 is 9.53 Å². The zero-order chi connectivity index (χ0) is 12.8. The van der Waals surface area contributed by atoms with Gasteiger partial charge in [-0.15, -0.1) is 0 Å². The summed E-state index contributed by atoms with van der Waals surface area (Å²) >= 11 is 0. The molecule has 0 saturated heterocycles. The number of methoxy groups -OCH3 is 1. The van der Waals surface area contributed by atoms with Gasteiger partial charge in [-0.3, -0.25) is 9.58 Å². The largest absolute Gasteiger partial charge is 0.465 e. The predicted octanol–water partition coefficient (Wildman–Crippen LogP) is 1.44. The monoisotopic (exact) mass is 239 g/mol. The van der Waals surface area contributed by atoms with Gasteiger partial charge in [0.05, 0.1) is 12.8 Å². The summed E-state index contributed by atoms with van der Waals surface area (Å²) in [6.45, 7) is 6.90. The summed E-state index contributed by atoms with van der Waals surface area (Å²) in [6.07, 6.45) is 2.80. The normalized spacial score (nSPS) is 10.9. The van der Waals surface area contributed by atoms with E-state index in [1.807, 2.05) is 7.05 Å². The smallest absolute Gasteiger partial charge is 0.341 e. The van der Waals surface area contributed by atoms with Gasteiger partial charge >= 0.3 is 5.97 Å². The van der Waals surface area contributed by atoms with Crippen molar-refractivity contribution in [3.05, 3.63) is 17.5 Å². The van der Waals surface area contributed by atoms with Crippen LogP contribution in [0.15, 0.2) is 6.20 Å². The number of carbonyl (C=O) groups excluding carboxylic acids is 1. The Bertz CT molecular complexity index is 374. The maximum absolute atomic E-state index is 11.6. The van der Waals surface area contributed by atoms with Gasteiger partial charge in [0.15, 0.2) is 0 Å². The summed E-state index contributed by atoms with van der Waals surface area (Å²) in [5.74, 6) is -0.319. The molecule has 1 aromatic rings. The van der Waals surface area contributed by atoms with E-state index < -0.39 is 0 Å². The Morgan fingerprint density at radius 3 is 2.76 bits per heavy atom. The van der Waals surface area contributed by atoms with E-state index in [9.17, 15) is 4.79 Å². The Balaban J connectivity index is 2.85. The lowest BCUT2D eigenvalue weighted by molar-refractivity contribution is 0.0598. The molecule has 0 radical (unpaired) electrons. The molecule has 96 valence electrons. The standard InChI is InChI=1S/C12H21N3O2/c1-5-7-15(6-2)9-11-10(12(16)17-4)8-14(3)13-11/h8H,5-7,9H2,1-4H3. The van der Waals surface area contributed by atoms with Gasteiger partial charge in [0.1, 0.15) is 5.56 Å². The topological polar surface area (TPSA) is 47.4 Å². The zero-order valence-electron chi connectivity index (χ0n) is 11.1. The van der Waals surface area contributed by atoms with E-state index in [0.29, 0.717) is 12.1 Å². The number of nitrogens with zero attached hydrogens (tertiary/aromatic N) is 3. The van der Waals surface area contributed by atoms with E-state index in [1.54, 1.807) is 10.9 Å². The molecular weight excluding hydrogens is 218 g/mol. The molecule has 0 amide bonds. The number of carbonyl (C=O) groups is 1. The lowest BCUT2D eigenvalue weighted by Gasteiger charge is -2.18. The zero-order valence-corrected chi connectivity index (χ0v) is 11.1. The highest BCUT2D eigenvalue weighted by Gasteiger charge is 2.17. The van der Waals surface area contributed by atoms with E-state index in [1.165, 1.54) is 7.11 Å². The highest BCUT2D eigenvalue weighted by molar-refractivity contribution is 5.90. The lowest BCUT2D eigenvalue weighted by atomic mass is 10.2. The average molecular weight is 239 g/mol. The van der Waals surface area contributed by atoms with Crippen LogP contribution < -0.4 is 0 Å². The van der Waals surface area contributed by atoms with Crippen LogP contribution in [0.5, 0.6) is 0 Å². The molecule has 0 atom stereocenters. The quantitative estimate of drug-likeness (QED) is 0.705. The molecule has 0 fully saturated rings. The first-order chi connectivity index (χ1) is 8.12. The molecule has 0 saturated carbocycles. The van der Waals surface area contributed by atoms with E-state index in [-0.39, 0.29) is 5.97 Å². The molecular formula is C12H21N3O2. The Morgan fingerprint density at radius 2 is 2.24 bits per heavy atom. The highest BCUT2D eigenvalue weighted by Crippen LogP contribution is 2.11. The maximum Gasteiger partial charge on any atom is 0.341 e. The van der Waals surface area contributed by atoms with Crippen molar-refractivity contribution in [1.29, 1.82) is 0 Å². The number of hydrogen-bond acceptors (Lipinski definition) is 4. The number of aromatic nitrogens is 2. The molecule has 0 aromatic carbocycles. The van der Waals surface area contributed by atoms with Crippen LogP contribution in [0.25, 0.3) is 0 Å². The highest BCUT2D eigenvalue weighted by atomic mass is 16.5. The molecule has 0 bridgehead atoms. The molecule has 1 heterocycles. The second-order valence-electron chi connectivity index (χ2n) is 4.02. The Morgan fingerprint density at radius 1 is 1.53 bits per heavy atom. The predicted molar refractivity (Wildman–Crippen MR) is 65.8 cm³/mol. The molecule has 0 aliphatic carbocycles. The van der Waals surface area contributed by atoms with Crippen LogP contribution in [-0.2, 0) is 18.3 Å². The Kier molecular flexibility index (Phi) is 5.15. The van der Waals surface area contributed by atoms with Crippen molar-refractivity contribution in [3.63, 3.8) is 0 Å². The summed E-state index contributed by atoms with van der Waals surface area (Å²) < 4.78 is 6.41. The molecule has 17 heavy (non-hydrogen) atoms. The fraction of sp³-hybridized carbons (Fsp3) is 0.667. The van der Waals surface area contributed by atoms with Crippen LogP contribution in [0.2, 0.25) is 0 Å². The van der Waals surface area contributed by atoms with Crippen molar-refractivity contribution >= 4 is 5.97 Å². The second kappa shape index (κ2) is 6.39. The van der Waals surface area contributed by atoms with Gasteiger partial charge in [0.2, 0.25) is 0 Å². The first-order valence-electron chi connectivity index (χ1n) is 5.95. The van der Waals surface area contributed by atoms with Crippen LogP contribution in [0, 0.1) is 0 Å². The van der Waals surface area contributed by atoms with E-state index in [4.69, 9.17) is 4.74 Å². The molecule has 0 unspecified atom stereocenters. The van der Waals surface area contributed by atoms with E-state index in [2.05, 4.69) is 23.8 Å². The number of rotatable bonds is 6. The van der Waals surface area contributed by atoms with Gasteiger partial charge in [-0.25, -0.2) is 4.79 Å². The van der Waals surface area contributed by atoms with Crippen LogP contribution in [-0.4, -0.2) is 40.8 Å². The van der Waals surface area contributed by atoms with Crippen LogP contribution in [0.4, 0.5) is 0 Å². The maximum atomic E-state index is 11.6. The van der Waals surface area contributed by atoms with Gasteiger partial charge in [0, 0.05) is 19.8 Å². The summed E-state index contributed by atoms with van der Waals surface area (Å²) in [6, 6.07) is 0. The van der Waals surface area contributed by atoms with Crippen LogP contribution in [0.1, 0.15) is 36.3 Å². The third kappa shape index (κ3) is 3.56. The minimum absolute atomic E-state index is 0.319. The molecule has 0 N–H and O–H groups in total. The fourth-order valence-corrected chi connectivity index (χ4v) is 1.81. The van der Waals surface area contributed by atoms with E-state index in [0.717, 1.165) is 25.2 Å². The molecule has 1 aromatic heterocycles. The molecule has 5 nitrogen and oxygen atoms in total. The van der Waals surface area contributed by atoms with Crippen molar-refractivity contribution in [2.75, 3.05) is 20.2 Å². The van der Waals surface area contributed by atoms with E-state index >= 15 is 0 Å². The first-order valence-corrected chi connectivity index (χ1v) is 5.95. The first kappa shape index (κ1) is 13.7. The third-order valence-electron chi connectivity index (χ3n) is 2.67. The molecule has 0 aliphatic rings. The van der Waals surface area contributed by atoms with Gasteiger partial charge in [0.25, 0.3) is 0 Å². The van der Waals surface area contributed by atoms with Gasteiger partial charge < -0.3 is 4.74 Å². The van der Waals surface area contributed by atoms with Crippen molar-refractivity contribution in [3.8, 4) is 0 Å². The SMILES string of the molecule is CCCN(CC)Cc1nn(C)cc1C(=O)OC. The minimum Gasteiger partial charge on any atom is -0.465 e. The summed E-state index contributed by atoms with van der Waals surface area (Å²) in [5, 5.41) is 4.32. The number of aryl methyl sites for hydroxylation is 1. The Hall–Kier alpha value is -1.36. The molecule has 1 rings (SSSR count). The van der Waals surface area contributed by atoms with Gasteiger partial charge in [-0.1, -0.05) is 13.8 Å². The summed E-state index contributed by atoms with van der Waals surface area (Å²) in [7, 11) is 3.20. The van der Waals surface area contributed by atoms with Crippen molar-refractivity contribution in [2.45, 2.75) is 26.8 Å². The summed E-state index contributed by atoms with van der Waals surface area (Å²) in [5.41, 5.74) is 1.35. The molecule has 5 heteroatoms. The van der Waals surface area contributed by atoms with Crippen LogP contribution in [0.3, 0.4) is 0 Å². The summed E-state index contributed by atoms with van der Waals surface area (Å²) in [4.78, 5) is 13.8. The van der Waals surface area contributed by atoms with Gasteiger partial charge in [-0.2, -0.15) is 5.10 Å². The average Bonchev–Trinajstić information content (AvgIpc) is 2.68. The molecule has 0 aliphatic heterocycles. The van der Waals surface area contributed by atoms with Gasteiger partial charge in [-0.05, 0) is 19.5 Å². The van der Waals surface area contributed by atoms with Crippen LogP contribution >= 0.6 is 0 Å².